The monoisotopic (exact) mass is 215 g/mol. The normalized spacial score (nSPS) is 10.1. The van der Waals surface area contributed by atoms with Crippen LogP contribution in [0, 0.1) is 0 Å². The Kier molecular flexibility index (Phi) is 7.62. The minimum atomic E-state index is -0.150. The lowest BCUT2D eigenvalue weighted by atomic mass is 10.3. The van der Waals surface area contributed by atoms with Gasteiger partial charge in [-0.15, -0.1) is 0 Å². The van der Waals surface area contributed by atoms with Crippen molar-refractivity contribution in [2.24, 2.45) is 0 Å². The summed E-state index contributed by atoms with van der Waals surface area (Å²) in [7, 11) is 0. The lowest BCUT2D eigenvalue weighted by Gasteiger charge is -2.08. The van der Waals surface area contributed by atoms with Crippen molar-refractivity contribution in [1.82, 2.24) is 16.0 Å². The molecule has 0 aromatic heterocycles. The Morgan fingerprint density at radius 3 is 2.33 bits per heavy atom. The van der Waals surface area contributed by atoms with Crippen LogP contribution in [0.15, 0.2) is 0 Å². The van der Waals surface area contributed by atoms with E-state index in [-0.39, 0.29) is 18.4 Å². The predicted octanol–water partition coefficient (Wildman–Crippen LogP) is -0.373. The number of likely N-dealkylation sites (N-methyl/N-ethyl adjacent to an activating group) is 1. The van der Waals surface area contributed by atoms with Crippen LogP contribution in [0.2, 0.25) is 0 Å². The molecular formula is C10H21N3O2. The number of amides is 2. The highest BCUT2D eigenvalue weighted by Gasteiger charge is 2.04. The Bertz CT molecular complexity index is 205. The molecule has 15 heavy (non-hydrogen) atoms. The van der Waals surface area contributed by atoms with E-state index in [2.05, 4.69) is 16.0 Å². The van der Waals surface area contributed by atoms with Crippen molar-refractivity contribution in [2.75, 3.05) is 19.6 Å². The average molecular weight is 215 g/mol. The standard InChI is InChI=1S/C10H21N3O2/c1-4-11-10(15)7-13-9(14)5-6-12-8(2)3/h8,12H,4-7H2,1-3H3,(H,11,15)(H,13,14). The van der Waals surface area contributed by atoms with Crippen LogP contribution in [0.1, 0.15) is 27.2 Å². The van der Waals surface area contributed by atoms with E-state index in [0.29, 0.717) is 25.6 Å². The summed E-state index contributed by atoms with van der Waals surface area (Å²) in [5.74, 6) is -0.253. The van der Waals surface area contributed by atoms with Gasteiger partial charge in [-0.25, -0.2) is 0 Å². The second-order valence-electron chi connectivity index (χ2n) is 3.59. The third-order valence-electron chi connectivity index (χ3n) is 1.72. The number of rotatable bonds is 7. The van der Waals surface area contributed by atoms with Crippen molar-refractivity contribution in [3.8, 4) is 0 Å². The molecule has 0 saturated heterocycles. The van der Waals surface area contributed by atoms with Crippen LogP contribution in [0.25, 0.3) is 0 Å². The van der Waals surface area contributed by atoms with E-state index in [9.17, 15) is 9.59 Å². The topological polar surface area (TPSA) is 70.2 Å². The van der Waals surface area contributed by atoms with E-state index >= 15 is 0 Å². The van der Waals surface area contributed by atoms with Gasteiger partial charge >= 0.3 is 0 Å². The number of carbonyl (C=O) groups is 2. The summed E-state index contributed by atoms with van der Waals surface area (Å²) < 4.78 is 0. The summed E-state index contributed by atoms with van der Waals surface area (Å²) in [6.45, 7) is 7.17. The fraction of sp³-hybridized carbons (Fsp3) is 0.800. The van der Waals surface area contributed by atoms with E-state index in [4.69, 9.17) is 0 Å². The summed E-state index contributed by atoms with van der Waals surface area (Å²) in [5.41, 5.74) is 0. The van der Waals surface area contributed by atoms with Gasteiger partial charge in [0.2, 0.25) is 11.8 Å². The highest BCUT2D eigenvalue weighted by molar-refractivity contribution is 5.84. The molecule has 88 valence electrons. The van der Waals surface area contributed by atoms with Gasteiger partial charge in [-0.2, -0.15) is 0 Å². The van der Waals surface area contributed by atoms with Gasteiger partial charge in [-0.3, -0.25) is 9.59 Å². The zero-order valence-corrected chi connectivity index (χ0v) is 9.72. The number of nitrogens with one attached hydrogen (secondary N) is 3. The van der Waals surface area contributed by atoms with Crippen LogP contribution in [0.3, 0.4) is 0 Å². The van der Waals surface area contributed by atoms with Crippen LogP contribution >= 0.6 is 0 Å². The Morgan fingerprint density at radius 2 is 1.80 bits per heavy atom. The predicted molar refractivity (Wildman–Crippen MR) is 59.4 cm³/mol. The third kappa shape index (κ3) is 9.21. The molecule has 3 N–H and O–H groups in total. The van der Waals surface area contributed by atoms with E-state index < -0.39 is 0 Å². The molecule has 0 bridgehead atoms. The summed E-state index contributed by atoms with van der Waals surface area (Å²) in [4.78, 5) is 22.2. The molecule has 0 aliphatic heterocycles. The first kappa shape index (κ1) is 13.9. The van der Waals surface area contributed by atoms with Crippen molar-refractivity contribution in [2.45, 2.75) is 33.2 Å². The average Bonchev–Trinajstić information content (AvgIpc) is 2.14. The number of hydrogen-bond acceptors (Lipinski definition) is 3. The maximum atomic E-state index is 11.2. The lowest BCUT2D eigenvalue weighted by molar-refractivity contribution is -0.126. The molecule has 0 aromatic carbocycles. The van der Waals surface area contributed by atoms with Crippen molar-refractivity contribution in [1.29, 1.82) is 0 Å². The molecule has 0 radical (unpaired) electrons. The molecule has 0 atom stereocenters. The van der Waals surface area contributed by atoms with Crippen molar-refractivity contribution >= 4 is 11.8 Å². The van der Waals surface area contributed by atoms with Gasteiger partial charge in [-0.05, 0) is 6.92 Å². The summed E-state index contributed by atoms with van der Waals surface area (Å²) >= 11 is 0. The first-order chi connectivity index (χ1) is 7.06. The maximum absolute atomic E-state index is 11.2. The van der Waals surface area contributed by atoms with E-state index in [1.165, 1.54) is 0 Å². The van der Waals surface area contributed by atoms with E-state index in [1.807, 2.05) is 20.8 Å². The van der Waals surface area contributed by atoms with E-state index in [0.717, 1.165) is 0 Å². The second kappa shape index (κ2) is 8.23. The van der Waals surface area contributed by atoms with Gasteiger partial charge in [0.25, 0.3) is 0 Å². The molecule has 0 aromatic rings. The van der Waals surface area contributed by atoms with Gasteiger partial charge in [0, 0.05) is 25.6 Å². The quantitative estimate of drug-likeness (QED) is 0.542. The largest absolute Gasteiger partial charge is 0.355 e. The molecule has 0 unspecified atom stereocenters. The summed E-state index contributed by atoms with van der Waals surface area (Å²) in [6.07, 6.45) is 0.400. The molecule has 5 nitrogen and oxygen atoms in total. The van der Waals surface area contributed by atoms with Crippen molar-refractivity contribution in [3.05, 3.63) is 0 Å². The zero-order chi connectivity index (χ0) is 11.7. The van der Waals surface area contributed by atoms with E-state index in [1.54, 1.807) is 0 Å². The third-order valence-corrected chi connectivity index (χ3v) is 1.72. The van der Waals surface area contributed by atoms with Gasteiger partial charge in [0.05, 0.1) is 6.54 Å². The molecule has 0 spiro atoms. The molecule has 5 heteroatoms. The van der Waals surface area contributed by atoms with Gasteiger partial charge < -0.3 is 16.0 Å². The van der Waals surface area contributed by atoms with Crippen LogP contribution in [-0.2, 0) is 9.59 Å². The molecule has 0 rings (SSSR count). The minimum Gasteiger partial charge on any atom is -0.355 e. The van der Waals surface area contributed by atoms with Crippen LogP contribution in [0.5, 0.6) is 0 Å². The fourth-order valence-electron chi connectivity index (χ4n) is 1.00. The first-order valence-corrected chi connectivity index (χ1v) is 5.33. The van der Waals surface area contributed by atoms with Crippen LogP contribution < -0.4 is 16.0 Å². The molecule has 2 amide bonds. The molecule has 0 aliphatic rings. The highest BCUT2D eigenvalue weighted by atomic mass is 16.2. The molecule has 0 aliphatic carbocycles. The number of hydrogen-bond donors (Lipinski definition) is 3. The Hall–Kier alpha value is -1.10. The molecule has 0 heterocycles. The number of carbonyl (C=O) groups excluding carboxylic acids is 2. The van der Waals surface area contributed by atoms with Crippen molar-refractivity contribution < 1.29 is 9.59 Å². The second-order valence-corrected chi connectivity index (χ2v) is 3.59. The first-order valence-electron chi connectivity index (χ1n) is 5.33. The van der Waals surface area contributed by atoms with Crippen LogP contribution in [0.4, 0.5) is 0 Å². The Balaban J connectivity index is 3.45. The minimum absolute atomic E-state index is 0.0638. The molecule has 0 saturated carbocycles. The lowest BCUT2D eigenvalue weighted by Crippen LogP contribution is -2.38. The molecule has 0 fully saturated rings. The van der Waals surface area contributed by atoms with Crippen molar-refractivity contribution in [3.63, 3.8) is 0 Å². The fourth-order valence-corrected chi connectivity index (χ4v) is 1.00. The Morgan fingerprint density at radius 1 is 1.13 bits per heavy atom. The zero-order valence-electron chi connectivity index (χ0n) is 9.72. The van der Waals surface area contributed by atoms with Gasteiger partial charge in [0.15, 0.2) is 0 Å². The van der Waals surface area contributed by atoms with Crippen LogP contribution in [-0.4, -0.2) is 37.5 Å². The molecular weight excluding hydrogens is 194 g/mol. The highest BCUT2D eigenvalue weighted by Crippen LogP contribution is 1.81. The smallest absolute Gasteiger partial charge is 0.239 e. The SMILES string of the molecule is CCNC(=O)CNC(=O)CCNC(C)C. The van der Waals surface area contributed by atoms with Gasteiger partial charge in [-0.1, -0.05) is 13.8 Å². The maximum Gasteiger partial charge on any atom is 0.239 e. The summed E-state index contributed by atoms with van der Waals surface area (Å²) in [6, 6.07) is 0.376. The Labute approximate surface area is 91.0 Å². The van der Waals surface area contributed by atoms with Gasteiger partial charge in [0.1, 0.15) is 0 Å². The summed E-state index contributed by atoms with van der Waals surface area (Å²) in [5, 5.41) is 8.28.